The van der Waals surface area contributed by atoms with E-state index < -0.39 is 124 Å². The van der Waals surface area contributed by atoms with Crippen molar-refractivity contribution in [1.82, 2.24) is 5.32 Å². The SMILES string of the molecule is CCCC/C=C/CC/C=C/CC/C=C/C(O)C(COC1OC(CO)C(OC2OC(CO)C(OC3OC(CO)C(O)C(O)C3O)C(O)C2O)C(O)C1O)NC(=O)CCCCCCCCCCC/C=C\CCCCCCCC. The van der Waals surface area contributed by atoms with E-state index in [1.54, 1.807) is 6.08 Å². The molecule has 0 aromatic rings. The van der Waals surface area contributed by atoms with Gasteiger partial charge in [-0.15, -0.1) is 0 Å². The summed E-state index contributed by atoms with van der Waals surface area (Å²) in [5.41, 5.74) is 0. The third-order valence-corrected chi connectivity index (χ3v) is 14.3. The van der Waals surface area contributed by atoms with Crippen molar-refractivity contribution in [3.8, 4) is 0 Å². The molecule has 3 aliphatic heterocycles. The van der Waals surface area contributed by atoms with Crippen molar-refractivity contribution in [3.05, 3.63) is 48.6 Å². The first-order valence-electron chi connectivity index (χ1n) is 28.9. The molecule has 19 nitrogen and oxygen atoms in total. The van der Waals surface area contributed by atoms with Gasteiger partial charge in [0.2, 0.25) is 5.91 Å². The molecule has 0 radical (unpaired) electrons. The number of aliphatic hydroxyl groups is 11. The number of unbranched alkanes of at least 4 members (excludes halogenated alkanes) is 19. The van der Waals surface area contributed by atoms with Gasteiger partial charge in [-0.1, -0.05) is 152 Å². The van der Waals surface area contributed by atoms with Crippen LogP contribution in [0.4, 0.5) is 0 Å². The Labute approximate surface area is 453 Å². The van der Waals surface area contributed by atoms with E-state index in [0.29, 0.717) is 12.8 Å². The van der Waals surface area contributed by atoms with Gasteiger partial charge in [-0.2, -0.15) is 0 Å². The van der Waals surface area contributed by atoms with Crippen LogP contribution in [0.15, 0.2) is 48.6 Å². The highest BCUT2D eigenvalue weighted by Gasteiger charge is 2.53. The summed E-state index contributed by atoms with van der Waals surface area (Å²) in [4.78, 5) is 13.3. The predicted molar refractivity (Wildman–Crippen MR) is 286 cm³/mol. The molecule has 0 bridgehead atoms. The number of rotatable bonds is 41. The predicted octanol–water partition coefficient (Wildman–Crippen LogP) is 4.31. The van der Waals surface area contributed by atoms with E-state index >= 15 is 0 Å². The van der Waals surface area contributed by atoms with E-state index in [1.807, 2.05) is 6.08 Å². The Kier molecular flexibility index (Phi) is 36.6. The number of ether oxygens (including phenoxy) is 6. The Morgan fingerprint density at radius 2 is 0.855 bits per heavy atom. The molecule has 442 valence electrons. The van der Waals surface area contributed by atoms with Crippen LogP contribution in [0, 0.1) is 0 Å². The highest BCUT2D eigenvalue weighted by Crippen LogP contribution is 2.33. The normalized spacial score (nSPS) is 31.3. The molecule has 0 saturated carbocycles. The van der Waals surface area contributed by atoms with Crippen LogP contribution in [0.3, 0.4) is 0 Å². The van der Waals surface area contributed by atoms with Crippen molar-refractivity contribution < 1.29 is 89.4 Å². The molecule has 3 rings (SSSR count). The molecule has 0 spiro atoms. The van der Waals surface area contributed by atoms with Crippen LogP contribution in [-0.4, -0.2) is 193 Å². The van der Waals surface area contributed by atoms with E-state index in [1.165, 1.54) is 83.5 Å². The Morgan fingerprint density at radius 1 is 0.461 bits per heavy atom. The van der Waals surface area contributed by atoms with Crippen LogP contribution in [0.25, 0.3) is 0 Å². The van der Waals surface area contributed by atoms with Gasteiger partial charge in [-0.3, -0.25) is 4.79 Å². The summed E-state index contributed by atoms with van der Waals surface area (Å²) in [6, 6.07) is -0.995. The Morgan fingerprint density at radius 3 is 1.36 bits per heavy atom. The first kappa shape index (κ1) is 68.0. The van der Waals surface area contributed by atoms with Gasteiger partial charge >= 0.3 is 0 Å². The van der Waals surface area contributed by atoms with E-state index in [0.717, 1.165) is 57.8 Å². The summed E-state index contributed by atoms with van der Waals surface area (Å²) < 4.78 is 34.1. The number of aliphatic hydroxyl groups excluding tert-OH is 11. The maximum atomic E-state index is 13.3. The molecule has 1 amide bonds. The van der Waals surface area contributed by atoms with Crippen molar-refractivity contribution in [2.45, 2.75) is 279 Å². The zero-order valence-corrected chi connectivity index (χ0v) is 45.7. The fourth-order valence-electron chi connectivity index (χ4n) is 9.50. The lowest BCUT2D eigenvalue weighted by Gasteiger charge is -2.48. The average molecular weight is 1090 g/mol. The van der Waals surface area contributed by atoms with E-state index in [2.05, 4.69) is 55.6 Å². The number of amides is 1. The van der Waals surface area contributed by atoms with Crippen LogP contribution >= 0.6 is 0 Å². The van der Waals surface area contributed by atoms with E-state index in [4.69, 9.17) is 28.4 Å². The number of hydrogen-bond donors (Lipinski definition) is 12. The quantitative estimate of drug-likeness (QED) is 0.0300. The van der Waals surface area contributed by atoms with Crippen molar-refractivity contribution in [2.24, 2.45) is 0 Å². The molecule has 3 fully saturated rings. The highest BCUT2D eigenvalue weighted by atomic mass is 16.8. The highest BCUT2D eigenvalue weighted by molar-refractivity contribution is 5.76. The number of nitrogens with one attached hydrogen (secondary N) is 1. The molecule has 17 atom stereocenters. The fraction of sp³-hybridized carbons (Fsp3) is 0.842. The third kappa shape index (κ3) is 25.0. The minimum absolute atomic E-state index is 0.228. The van der Waals surface area contributed by atoms with Crippen molar-refractivity contribution in [3.63, 3.8) is 0 Å². The van der Waals surface area contributed by atoms with Gasteiger partial charge in [-0.25, -0.2) is 0 Å². The lowest BCUT2D eigenvalue weighted by Crippen LogP contribution is -2.66. The van der Waals surface area contributed by atoms with Gasteiger partial charge in [0, 0.05) is 6.42 Å². The van der Waals surface area contributed by atoms with Gasteiger partial charge in [0.25, 0.3) is 0 Å². The summed E-state index contributed by atoms with van der Waals surface area (Å²) in [6.07, 6.45) is 16.8. The van der Waals surface area contributed by atoms with Crippen molar-refractivity contribution >= 4 is 5.91 Å². The average Bonchev–Trinajstić information content (AvgIpc) is 3.42. The second-order valence-electron chi connectivity index (χ2n) is 20.7. The molecule has 17 unspecified atom stereocenters. The Hall–Kier alpha value is -2.25. The maximum absolute atomic E-state index is 13.3. The first-order valence-corrected chi connectivity index (χ1v) is 28.9. The minimum Gasteiger partial charge on any atom is -0.394 e. The number of hydrogen-bond acceptors (Lipinski definition) is 18. The lowest BCUT2D eigenvalue weighted by molar-refractivity contribution is -0.379. The van der Waals surface area contributed by atoms with Crippen molar-refractivity contribution in [2.75, 3.05) is 26.4 Å². The molecule has 19 heteroatoms. The van der Waals surface area contributed by atoms with E-state index in [-0.39, 0.29) is 18.9 Å². The molecule has 0 aromatic carbocycles. The van der Waals surface area contributed by atoms with Crippen LogP contribution in [0.2, 0.25) is 0 Å². The van der Waals surface area contributed by atoms with Gasteiger partial charge in [0.1, 0.15) is 73.2 Å². The molecule has 3 heterocycles. The zero-order valence-electron chi connectivity index (χ0n) is 45.7. The standard InChI is InChI=1S/C57H101NO18/c1-3-5-7-9-11-13-15-17-18-19-20-21-22-23-25-27-29-31-33-35-45(63)58-40(41(62)34-32-30-28-26-24-16-14-12-10-8-6-4-2)39-71-55-51(69)48(66)53(43(37-60)73-55)76-57-52(70)49(67)54(44(38-61)74-57)75-56-50(68)47(65)46(64)42(36-59)72-56/h10,12,17-18,24,26,32,34,40-44,46-57,59-62,64-70H,3-9,11,13-16,19-23,25,27-31,33,35-39H2,1-2H3,(H,58,63)/b12-10+,18-17-,26-24+,34-32+. The second-order valence-corrected chi connectivity index (χ2v) is 20.7. The molecule has 0 aromatic heterocycles. The third-order valence-electron chi connectivity index (χ3n) is 14.3. The van der Waals surface area contributed by atoms with Crippen molar-refractivity contribution in [1.29, 1.82) is 0 Å². The maximum Gasteiger partial charge on any atom is 0.220 e. The first-order chi connectivity index (χ1) is 36.8. The zero-order chi connectivity index (χ0) is 55.5. The van der Waals surface area contributed by atoms with Gasteiger partial charge in [-0.05, 0) is 64.2 Å². The Balaban J connectivity index is 1.51. The van der Waals surface area contributed by atoms with Gasteiger partial charge in [0.05, 0.1) is 38.6 Å². The topological polar surface area (TPSA) is 307 Å². The fourth-order valence-corrected chi connectivity index (χ4v) is 9.50. The molecule has 0 aliphatic carbocycles. The number of allylic oxidation sites excluding steroid dienone is 7. The summed E-state index contributed by atoms with van der Waals surface area (Å²) in [7, 11) is 0. The molecule has 12 N–H and O–H groups in total. The largest absolute Gasteiger partial charge is 0.394 e. The van der Waals surface area contributed by atoms with Gasteiger partial charge in [0.15, 0.2) is 18.9 Å². The summed E-state index contributed by atoms with van der Waals surface area (Å²) in [5, 5.41) is 120. The minimum atomic E-state index is -1.98. The summed E-state index contributed by atoms with van der Waals surface area (Å²) in [5.74, 6) is -0.296. The van der Waals surface area contributed by atoms with Crippen LogP contribution in [0.1, 0.15) is 174 Å². The number of carbonyl (C=O) groups is 1. The van der Waals surface area contributed by atoms with Crippen LogP contribution in [-0.2, 0) is 33.2 Å². The summed E-state index contributed by atoms with van der Waals surface area (Å²) in [6.45, 7) is 1.61. The molecule has 76 heavy (non-hydrogen) atoms. The van der Waals surface area contributed by atoms with Crippen LogP contribution < -0.4 is 5.32 Å². The van der Waals surface area contributed by atoms with E-state index in [9.17, 15) is 61.0 Å². The van der Waals surface area contributed by atoms with Crippen LogP contribution in [0.5, 0.6) is 0 Å². The smallest absolute Gasteiger partial charge is 0.220 e. The number of carbonyl (C=O) groups excluding carboxylic acids is 1. The molecular formula is C57H101NO18. The van der Waals surface area contributed by atoms with Gasteiger partial charge < -0.3 is 89.9 Å². The Bertz CT molecular complexity index is 1580. The molecular weight excluding hydrogens is 987 g/mol. The second kappa shape index (κ2) is 40.9. The monoisotopic (exact) mass is 1090 g/mol. The lowest BCUT2D eigenvalue weighted by atomic mass is 9.96. The summed E-state index contributed by atoms with van der Waals surface area (Å²) >= 11 is 0. The molecule has 3 aliphatic rings. The molecule has 3 saturated heterocycles.